The standard InChI is InChI=1S/C20H26N2O4S/c1-26-19-10-6-9-17(15-19)11-13-22(27(2,24)25)14-12-20(23)21-16-18-7-4-3-5-8-18/h3-10,15H,11-14,16H2,1-2H3,(H,21,23). The van der Waals surface area contributed by atoms with Gasteiger partial charge in [0.25, 0.3) is 0 Å². The first kappa shape index (κ1) is 20.9. The molecule has 0 aliphatic rings. The molecule has 146 valence electrons. The van der Waals surface area contributed by atoms with Crippen molar-refractivity contribution in [3.8, 4) is 5.75 Å². The number of carbonyl (C=O) groups is 1. The molecule has 2 aromatic carbocycles. The van der Waals surface area contributed by atoms with Crippen LogP contribution in [0.4, 0.5) is 0 Å². The second-order valence-electron chi connectivity index (χ2n) is 6.28. The van der Waals surface area contributed by atoms with Crippen molar-refractivity contribution < 1.29 is 17.9 Å². The van der Waals surface area contributed by atoms with Crippen molar-refractivity contribution in [3.05, 3.63) is 65.7 Å². The quantitative estimate of drug-likeness (QED) is 0.675. The van der Waals surface area contributed by atoms with Gasteiger partial charge in [-0.3, -0.25) is 4.79 Å². The Morgan fingerprint density at radius 2 is 1.74 bits per heavy atom. The van der Waals surface area contributed by atoms with Gasteiger partial charge in [-0.15, -0.1) is 0 Å². The minimum absolute atomic E-state index is 0.123. The molecule has 0 aliphatic heterocycles. The van der Waals surface area contributed by atoms with E-state index in [1.807, 2.05) is 54.6 Å². The predicted molar refractivity (Wildman–Crippen MR) is 106 cm³/mol. The normalized spacial score (nSPS) is 11.4. The lowest BCUT2D eigenvalue weighted by Gasteiger charge is -2.20. The molecule has 6 nitrogen and oxygen atoms in total. The molecule has 1 amide bonds. The zero-order chi connectivity index (χ0) is 19.7. The third-order valence-electron chi connectivity index (χ3n) is 4.17. The van der Waals surface area contributed by atoms with Crippen LogP contribution in [-0.4, -0.2) is 45.1 Å². The molecule has 0 spiro atoms. The molecule has 0 saturated carbocycles. The lowest BCUT2D eigenvalue weighted by molar-refractivity contribution is -0.121. The van der Waals surface area contributed by atoms with E-state index in [9.17, 15) is 13.2 Å². The summed E-state index contributed by atoms with van der Waals surface area (Å²) in [5.74, 6) is 0.563. The highest BCUT2D eigenvalue weighted by atomic mass is 32.2. The van der Waals surface area contributed by atoms with Crippen LogP contribution in [0, 0.1) is 0 Å². The lowest BCUT2D eigenvalue weighted by atomic mass is 10.1. The lowest BCUT2D eigenvalue weighted by Crippen LogP contribution is -2.35. The largest absolute Gasteiger partial charge is 0.497 e. The zero-order valence-corrected chi connectivity index (χ0v) is 16.5. The molecule has 0 heterocycles. The first-order chi connectivity index (χ1) is 12.9. The van der Waals surface area contributed by atoms with Gasteiger partial charge in [0.15, 0.2) is 0 Å². The summed E-state index contributed by atoms with van der Waals surface area (Å²) in [6.07, 6.45) is 1.84. The Labute approximate surface area is 161 Å². The van der Waals surface area contributed by atoms with E-state index in [4.69, 9.17) is 4.74 Å². The first-order valence-corrected chi connectivity index (χ1v) is 10.6. The summed E-state index contributed by atoms with van der Waals surface area (Å²) in [7, 11) is -1.80. The highest BCUT2D eigenvalue weighted by Gasteiger charge is 2.17. The van der Waals surface area contributed by atoms with Crippen LogP contribution in [0.5, 0.6) is 5.75 Å². The summed E-state index contributed by atoms with van der Waals surface area (Å²) in [6.45, 7) is 0.906. The van der Waals surface area contributed by atoms with Crippen LogP contribution in [0.3, 0.4) is 0 Å². The number of hydrogen-bond donors (Lipinski definition) is 1. The number of amides is 1. The number of nitrogens with zero attached hydrogens (tertiary/aromatic N) is 1. The van der Waals surface area contributed by atoms with E-state index < -0.39 is 10.0 Å². The molecule has 0 bridgehead atoms. The maximum Gasteiger partial charge on any atom is 0.221 e. The van der Waals surface area contributed by atoms with Crippen molar-refractivity contribution in [1.29, 1.82) is 0 Å². The van der Waals surface area contributed by atoms with Gasteiger partial charge >= 0.3 is 0 Å². The molecular formula is C20H26N2O4S. The van der Waals surface area contributed by atoms with E-state index in [2.05, 4.69) is 5.32 Å². The van der Waals surface area contributed by atoms with Gasteiger partial charge in [-0.2, -0.15) is 0 Å². The molecule has 2 rings (SSSR count). The fourth-order valence-corrected chi connectivity index (χ4v) is 3.48. The molecule has 0 aromatic heterocycles. The summed E-state index contributed by atoms with van der Waals surface area (Å²) in [6, 6.07) is 17.1. The minimum atomic E-state index is -3.39. The molecule has 0 fully saturated rings. The van der Waals surface area contributed by atoms with Crippen LogP contribution in [0.25, 0.3) is 0 Å². The van der Waals surface area contributed by atoms with Crippen LogP contribution < -0.4 is 10.1 Å². The Morgan fingerprint density at radius 3 is 2.41 bits per heavy atom. The third kappa shape index (κ3) is 7.40. The van der Waals surface area contributed by atoms with E-state index in [1.54, 1.807) is 7.11 Å². The van der Waals surface area contributed by atoms with Gasteiger partial charge in [-0.05, 0) is 29.7 Å². The molecular weight excluding hydrogens is 364 g/mol. The van der Waals surface area contributed by atoms with Gasteiger partial charge < -0.3 is 10.1 Å². The van der Waals surface area contributed by atoms with Gasteiger partial charge in [0, 0.05) is 26.1 Å². The third-order valence-corrected chi connectivity index (χ3v) is 5.48. The molecule has 1 N–H and O–H groups in total. The molecule has 27 heavy (non-hydrogen) atoms. The van der Waals surface area contributed by atoms with Crippen molar-refractivity contribution in [3.63, 3.8) is 0 Å². The van der Waals surface area contributed by atoms with E-state index in [-0.39, 0.29) is 18.9 Å². The first-order valence-electron chi connectivity index (χ1n) is 8.77. The van der Waals surface area contributed by atoms with Crippen LogP contribution in [0.2, 0.25) is 0 Å². The summed E-state index contributed by atoms with van der Waals surface area (Å²) in [4.78, 5) is 12.1. The van der Waals surface area contributed by atoms with Gasteiger partial charge in [0.05, 0.1) is 13.4 Å². The molecule has 7 heteroatoms. The maximum atomic E-state index is 12.1. The Hall–Kier alpha value is -2.38. The highest BCUT2D eigenvalue weighted by Crippen LogP contribution is 2.14. The second kappa shape index (κ2) is 10.1. The molecule has 0 unspecified atom stereocenters. The predicted octanol–water partition coefficient (Wildman–Crippen LogP) is 2.21. The number of nitrogens with one attached hydrogen (secondary N) is 1. The topological polar surface area (TPSA) is 75.7 Å². The molecule has 0 saturated heterocycles. The summed E-state index contributed by atoms with van der Waals surface area (Å²) in [5.41, 5.74) is 1.99. The molecule has 0 aliphatic carbocycles. The maximum absolute atomic E-state index is 12.1. The van der Waals surface area contributed by atoms with E-state index in [0.717, 1.165) is 16.9 Å². The smallest absolute Gasteiger partial charge is 0.221 e. The number of ether oxygens (including phenoxy) is 1. The minimum Gasteiger partial charge on any atom is -0.497 e. The average Bonchev–Trinajstić information content (AvgIpc) is 2.66. The van der Waals surface area contributed by atoms with Gasteiger partial charge in [-0.1, -0.05) is 42.5 Å². The second-order valence-corrected chi connectivity index (χ2v) is 8.26. The fraction of sp³-hybridized carbons (Fsp3) is 0.350. The van der Waals surface area contributed by atoms with Gasteiger partial charge in [0.2, 0.25) is 15.9 Å². The summed E-state index contributed by atoms with van der Waals surface area (Å²) in [5, 5.41) is 2.82. The van der Waals surface area contributed by atoms with Crippen LogP contribution in [-0.2, 0) is 27.8 Å². The van der Waals surface area contributed by atoms with Gasteiger partial charge in [-0.25, -0.2) is 12.7 Å². The Bertz CT molecular complexity index is 838. The Morgan fingerprint density at radius 1 is 1.04 bits per heavy atom. The summed E-state index contributed by atoms with van der Waals surface area (Å²) >= 11 is 0. The van der Waals surface area contributed by atoms with Crippen molar-refractivity contribution in [2.75, 3.05) is 26.5 Å². The van der Waals surface area contributed by atoms with Crippen molar-refractivity contribution in [2.24, 2.45) is 0 Å². The highest BCUT2D eigenvalue weighted by molar-refractivity contribution is 7.88. The fourth-order valence-electron chi connectivity index (χ4n) is 2.64. The Kier molecular flexibility index (Phi) is 7.82. The number of methoxy groups -OCH3 is 1. The SMILES string of the molecule is COc1cccc(CCN(CCC(=O)NCc2ccccc2)S(C)(=O)=O)c1. The number of sulfonamides is 1. The van der Waals surface area contributed by atoms with Gasteiger partial charge in [0.1, 0.15) is 5.75 Å². The molecule has 0 radical (unpaired) electrons. The molecule has 0 atom stereocenters. The van der Waals surface area contributed by atoms with Crippen molar-refractivity contribution in [2.45, 2.75) is 19.4 Å². The zero-order valence-electron chi connectivity index (χ0n) is 15.7. The average molecular weight is 391 g/mol. The number of carbonyl (C=O) groups excluding carboxylic acids is 1. The molecule has 2 aromatic rings. The number of rotatable bonds is 10. The monoisotopic (exact) mass is 390 g/mol. The van der Waals surface area contributed by atoms with Crippen LogP contribution in [0.1, 0.15) is 17.5 Å². The Balaban J connectivity index is 1.85. The van der Waals surface area contributed by atoms with Crippen molar-refractivity contribution in [1.82, 2.24) is 9.62 Å². The summed E-state index contributed by atoms with van der Waals surface area (Å²) < 4.78 is 30.6. The van der Waals surface area contributed by atoms with Crippen LogP contribution >= 0.6 is 0 Å². The van der Waals surface area contributed by atoms with E-state index in [1.165, 1.54) is 10.6 Å². The van der Waals surface area contributed by atoms with Crippen molar-refractivity contribution >= 4 is 15.9 Å². The number of benzene rings is 2. The van der Waals surface area contributed by atoms with Crippen LogP contribution in [0.15, 0.2) is 54.6 Å². The van der Waals surface area contributed by atoms with E-state index in [0.29, 0.717) is 19.5 Å². The van der Waals surface area contributed by atoms with E-state index >= 15 is 0 Å². The number of hydrogen-bond acceptors (Lipinski definition) is 4.